The minimum atomic E-state index is 0. The Morgan fingerprint density at radius 2 is 0.800 bits per heavy atom. The summed E-state index contributed by atoms with van der Waals surface area (Å²) in [6.07, 6.45) is 0. The Balaban J connectivity index is -0.0000000133. The topological polar surface area (TPSA) is 40.5 Å². The van der Waals surface area contributed by atoms with Gasteiger partial charge in [-0.25, -0.2) is 0 Å². The Kier molecular flexibility index (Phi) is 300. The maximum atomic E-state index is 7.00. The molecule has 0 spiro atoms. The van der Waals surface area contributed by atoms with E-state index in [1.165, 1.54) is 0 Å². The zero-order valence-electron chi connectivity index (χ0n) is 2.89. The molecule has 0 saturated carbocycles. The summed E-state index contributed by atoms with van der Waals surface area (Å²) in [5.41, 5.74) is 0. The number of rotatable bonds is 0. The van der Waals surface area contributed by atoms with Crippen molar-refractivity contribution < 1.29 is 10.2 Å². The van der Waals surface area contributed by atoms with Crippen LogP contribution in [0.2, 0.25) is 0 Å². The van der Waals surface area contributed by atoms with Crippen molar-refractivity contribution in [2.45, 2.75) is 0 Å². The Hall–Kier alpha value is 0.920. The molecule has 0 unspecified atom stereocenters. The first-order valence-electron chi connectivity index (χ1n) is 0.894. The van der Waals surface area contributed by atoms with Gasteiger partial charge in [-0.15, -0.1) is 0 Å². The number of hydrogen-bond acceptors (Lipinski definition) is 2. The number of hydrogen-bond donors (Lipinski definition) is 2. The predicted octanol–water partition coefficient (Wildman–Crippen LogP) is -1.43. The molecule has 0 aliphatic carbocycles. The molecular weight excluding hydrogens is 79.0 g/mol. The van der Waals surface area contributed by atoms with Gasteiger partial charge in [0.1, 0.15) is 0 Å². The van der Waals surface area contributed by atoms with Gasteiger partial charge < -0.3 is 10.2 Å². The van der Waals surface area contributed by atoms with E-state index >= 15 is 0 Å². The molecule has 0 radical (unpaired) electrons. The molecule has 0 aromatic rings. The van der Waals surface area contributed by atoms with Crippen molar-refractivity contribution in [2.75, 3.05) is 14.2 Å². The van der Waals surface area contributed by atoms with Gasteiger partial charge in [0.25, 0.3) is 0 Å². The van der Waals surface area contributed by atoms with E-state index < -0.39 is 0 Å². The fourth-order valence-corrected chi connectivity index (χ4v) is 0. The Morgan fingerprint density at radius 3 is 0.800 bits per heavy atom. The van der Waals surface area contributed by atoms with Crippen molar-refractivity contribution in [3.05, 3.63) is 0 Å². The van der Waals surface area contributed by atoms with E-state index in [1.54, 1.807) is 0 Å². The Labute approximate surface area is 54.1 Å². The van der Waals surface area contributed by atoms with Crippen molar-refractivity contribution >= 4 is 29.6 Å². The summed E-state index contributed by atoms with van der Waals surface area (Å²) in [5.74, 6) is 0. The zero-order valence-corrected chi connectivity index (χ0v) is 2.89. The summed E-state index contributed by atoms with van der Waals surface area (Å²) < 4.78 is 0. The van der Waals surface area contributed by atoms with Crippen molar-refractivity contribution in [3.63, 3.8) is 0 Å². The number of aliphatic hydroxyl groups excluding tert-OH is 2. The molecule has 0 amide bonds. The van der Waals surface area contributed by atoms with Gasteiger partial charge in [-0.2, -0.15) is 0 Å². The molecule has 0 bridgehead atoms. The second-order valence-electron chi connectivity index (χ2n) is 0. The van der Waals surface area contributed by atoms with E-state index in [-0.39, 0.29) is 29.6 Å². The first kappa shape index (κ1) is 16.8. The first-order chi connectivity index (χ1) is 2.00. The predicted molar refractivity (Wildman–Crippen MR) is 23.4 cm³/mol. The normalized spacial score (nSPS) is 2.40. The van der Waals surface area contributed by atoms with E-state index in [0.717, 1.165) is 14.2 Å². The van der Waals surface area contributed by atoms with Crippen LogP contribution in [0.1, 0.15) is 0 Å². The second kappa shape index (κ2) is 89.3. The van der Waals surface area contributed by atoms with Gasteiger partial charge in [0.2, 0.25) is 0 Å². The molecule has 0 atom stereocenters. The third-order valence-electron chi connectivity index (χ3n) is 0. The van der Waals surface area contributed by atoms with Gasteiger partial charge in [0, 0.05) is 14.2 Å². The summed E-state index contributed by atoms with van der Waals surface area (Å²) in [4.78, 5) is 0. The Morgan fingerprint density at radius 1 is 0.800 bits per heavy atom. The van der Waals surface area contributed by atoms with Crippen molar-refractivity contribution in [2.24, 2.45) is 0 Å². The van der Waals surface area contributed by atoms with Crippen LogP contribution in [0.4, 0.5) is 0 Å². The molecule has 0 aliphatic heterocycles. The minimum absolute atomic E-state index is 0. The average Bonchev–Trinajstić information content (AvgIpc) is 1.50. The summed E-state index contributed by atoms with van der Waals surface area (Å²) in [6, 6.07) is 0. The quantitative estimate of drug-likeness (QED) is 0.356. The molecule has 30 valence electrons. The van der Waals surface area contributed by atoms with Crippen LogP contribution in [0.3, 0.4) is 0 Å². The van der Waals surface area contributed by atoms with E-state index in [2.05, 4.69) is 0 Å². The fourth-order valence-electron chi connectivity index (χ4n) is 0. The van der Waals surface area contributed by atoms with Gasteiger partial charge in [0.15, 0.2) is 0 Å². The molecule has 0 rings (SSSR count). The van der Waals surface area contributed by atoms with E-state index in [1.807, 2.05) is 0 Å². The molecule has 2 N–H and O–H groups in total. The SMILES string of the molecule is CO.CO.[NaH]. The third kappa shape index (κ3) is 49.6. The Bertz CT molecular complexity index is 7.61. The first-order valence-corrected chi connectivity index (χ1v) is 0.894. The van der Waals surface area contributed by atoms with Crippen LogP contribution in [0.15, 0.2) is 0 Å². The molecule has 0 aliphatic rings. The zero-order chi connectivity index (χ0) is 4.00. The second-order valence-corrected chi connectivity index (χ2v) is 0. The van der Waals surface area contributed by atoms with Crippen LogP contribution in [0.5, 0.6) is 0 Å². The van der Waals surface area contributed by atoms with Gasteiger partial charge in [0.05, 0.1) is 0 Å². The van der Waals surface area contributed by atoms with Crippen molar-refractivity contribution in [3.8, 4) is 0 Å². The molecular formula is C2H9NaO2. The van der Waals surface area contributed by atoms with E-state index in [4.69, 9.17) is 10.2 Å². The molecule has 3 heteroatoms. The summed E-state index contributed by atoms with van der Waals surface area (Å²) in [6.45, 7) is 0. The van der Waals surface area contributed by atoms with Crippen molar-refractivity contribution in [1.82, 2.24) is 0 Å². The molecule has 0 fully saturated rings. The van der Waals surface area contributed by atoms with E-state index in [0.29, 0.717) is 0 Å². The van der Waals surface area contributed by atoms with Crippen LogP contribution >= 0.6 is 0 Å². The number of aliphatic hydroxyl groups is 2. The van der Waals surface area contributed by atoms with Gasteiger partial charge >= 0.3 is 29.6 Å². The fraction of sp³-hybridized carbons (Fsp3) is 1.00. The van der Waals surface area contributed by atoms with Gasteiger partial charge in [-0.1, -0.05) is 0 Å². The van der Waals surface area contributed by atoms with Crippen LogP contribution in [0, 0.1) is 0 Å². The van der Waals surface area contributed by atoms with E-state index in [9.17, 15) is 0 Å². The van der Waals surface area contributed by atoms with Crippen LogP contribution in [-0.4, -0.2) is 54.0 Å². The molecule has 2 nitrogen and oxygen atoms in total. The summed E-state index contributed by atoms with van der Waals surface area (Å²) >= 11 is 0. The van der Waals surface area contributed by atoms with Gasteiger partial charge in [-0.3, -0.25) is 0 Å². The summed E-state index contributed by atoms with van der Waals surface area (Å²) in [5, 5.41) is 14.0. The molecule has 0 saturated heterocycles. The van der Waals surface area contributed by atoms with Gasteiger partial charge in [-0.05, 0) is 0 Å². The monoisotopic (exact) mass is 88.1 g/mol. The molecule has 0 aromatic carbocycles. The summed E-state index contributed by atoms with van der Waals surface area (Å²) in [7, 11) is 2.00. The van der Waals surface area contributed by atoms with Crippen LogP contribution < -0.4 is 0 Å². The third-order valence-corrected chi connectivity index (χ3v) is 0. The van der Waals surface area contributed by atoms with Crippen LogP contribution in [-0.2, 0) is 0 Å². The molecule has 0 heterocycles. The molecule has 0 aromatic heterocycles. The molecule has 5 heavy (non-hydrogen) atoms. The standard InChI is InChI=1S/2CH4O.Na.H/c2*1-2;;/h2*2H,1H3;;. The van der Waals surface area contributed by atoms with Crippen LogP contribution in [0.25, 0.3) is 0 Å². The van der Waals surface area contributed by atoms with Crippen molar-refractivity contribution in [1.29, 1.82) is 0 Å². The maximum absolute atomic E-state index is 7.00. The average molecular weight is 88.1 g/mol.